The van der Waals surface area contributed by atoms with E-state index in [1.165, 1.54) is 5.56 Å². The van der Waals surface area contributed by atoms with Crippen molar-refractivity contribution in [1.29, 1.82) is 0 Å². The van der Waals surface area contributed by atoms with E-state index in [0.717, 1.165) is 43.4 Å². The lowest BCUT2D eigenvalue weighted by molar-refractivity contribution is 0.102. The molecule has 0 spiro atoms. The van der Waals surface area contributed by atoms with Crippen molar-refractivity contribution in [3.63, 3.8) is 0 Å². The molecule has 0 atom stereocenters. The molecule has 0 saturated heterocycles. The van der Waals surface area contributed by atoms with E-state index < -0.39 is 17.5 Å². The van der Waals surface area contributed by atoms with Crippen LogP contribution < -0.4 is 5.32 Å². The summed E-state index contributed by atoms with van der Waals surface area (Å²) >= 11 is 5.84. The van der Waals surface area contributed by atoms with E-state index in [2.05, 4.69) is 11.4 Å². The number of nitrogens with one attached hydrogen (secondary N) is 1. The molecule has 5 heteroatoms. The molecule has 1 aliphatic carbocycles. The molecule has 0 radical (unpaired) electrons. The number of halogens is 3. The molecule has 0 aliphatic heterocycles. The third-order valence-corrected chi connectivity index (χ3v) is 4.21. The van der Waals surface area contributed by atoms with Crippen molar-refractivity contribution in [3.8, 4) is 0 Å². The Balaban J connectivity index is 1.91. The van der Waals surface area contributed by atoms with Crippen molar-refractivity contribution in [2.75, 3.05) is 5.32 Å². The molecular formula is C17H14ClF2NO. The van der Waals surface area contributed by atoms with Crippen LogP contribution in [0.3, 0.4) is 0 Å². The van der Waals surface area contributed by atoms with E-state index in [4.69, 9.17) is 11.6 Å². The maximum atomic E-state index is 13.3. The Bertz CT molecular complexity index is 746. The summed E-state index contributed by atoms with van der Waals surface area (Å²) in [6.45, 7) is 0. The van der Waals surface area contributed by atoms with Crippen molar-refractivity contribution in [1.82, 2.24) is 0 Å². The first-order valence-corrected chi connectivity index (χ1v) is 7.50. The van der Waals surface area contributed by atoms with Gasteiger partial charge in [-0.25, -0.2) is 8.78 Å². The molecule has 0 saturated carbocycles. The van der Waals surface area contributed by atoms with Gasteiger partial charge in [-0.2, -0.15) is 0 Å². The number of aryl methyl sites for hydroxylation is 1. The first kappa shape index (κ1) is 15.0. The van der Waals surface area contributed by atoms with Crippen LogP contribution in [0.2, 0.25) is 5.02 Å². The number of fused-ring (bicyclic) bond motifs is 1. The number of anilines is 1. The molecule has 0 fully saturated rings. The van der Waals surface area contributed by atoms with Gasteiger partial charge in [0.2, 0.25) is 0 Å². The van der Waals surface area contributed by atoms with Gasteiger partial charge in [0.1, 0.15) is 0 Å². The van der Waals surface area contributed by atoms with Gasteiger partial charge in [0, 0.05) is 5.69 Å². The summed E-state index contributed by atoms with van der Waals surface area (Å²) in [6.07, 6.45) is 4.10. The summed E-state index contributed by atoms with van der Waals surface area (Å²) < 4.78 is 26.4. The van der Waals surface area contributed by atoms with Gasteiger partial charge < -0.3 is 5.32 Å². The van der Waals surface area contributed by atoms with E-state index in [1.807, 2.05) is 12.1 Å². The van der Waals surface area contributed by atoms with Crippen LogP contribution in [0.25, 0.3) is 0 Å². The molecule has 22 heavy (non-hydrogen) atoms. The lowest BCUT2D eigenvalue weighted by Gasteiger charge is -2.19. The molecule has 114 valence electrons. The maximum absolute atomic E-state index is 13.3. The van der Waals surface area contributed by atoms with Crippen LogP contribution in [0.1, 0.15) is 34.3 Å². The standard InChI is InChI=1S/C17H14ClF2NO/c18-13-9-15(20)14(19)8-12(13)17(22)21-16-7-3-5-10-4-1-2-6-11(10)16/h3,5,7-9H,1-2,4,6H2,(H,21,22). The first-order valence-electron chi connectivity index (χ1n) is 7.13. The maximum Gasteiger partial charge on any atom is 0.257 e. The lowest BCUT2D eigenvalue weighted by atomic mass is 9.90. The Morgan fingerprint density at radius 1 is 1.09 bits per heavy atom. The Hall–Kier alpha value is -1.94. The summed E-state index contributed by atoms with van der Waals surface area (Å²) in [5, 5.41) is 2.65. The fourth-order valence-electron chi connectivity index (χ4n) is 2.78. The highest BCUT2D eigenvalue weighted by atomic mass is 35.5. The van der Waals surface area contributed by atoms with Gasteiger partial charge in [-0.15, -0.1) is 0 Å². The summed E-state index contributed by atoms with van der Waals surface area (Å²) in [5.41, 5.74) is 2.97. The SMILES string of the molecule is O=C(Nc1cccc2c1CCCC2)c1cc(F)c(F)cc1Cl. The van der Waals surface area contributed by atoms with Gasteiger partial charge in [-0.3, -0.25) is 4.79 Å². The van der Waals surface area contributed by atoms with Gasteiger partial charge >= 0.3 is 0 Å². The topological polar surface area (TPSA) is 29.1 Å². The molecule has 1 amide bonds. The molecule has 1 N–H and O–H groups in total. The minimum absolute atomic E-state index is 0.0750. The number of hydrogen-bond donors (Lipinski definition) is 1. The summed E-state index contributed by atoms with van der Waals surface area (Å²) in [7, 11) is 0. The average molecular weight is 322 g/mol. The average Bonchev–Trinajstić information content (AvgIpc) is 2.51. The minimum Gasteiger partial charge on any atom is -0.322 e. The van der Waals surface area contributed by atoms with Crippen molar-refractivity contribution in [2.24, 2.45) is 0 Å². The highest BCUT2D eigenvalue weighted by molar-refractivity contribution is 6.34. The molecule has 2 nitrogen and oxygen atoms in total. The second-order valence-electron chi connectivity index (χ2n) is 5.35. The van der Waals surface area contributed by atoms with Gasteiger partial charge in [-0.05, 0) is 55.0 Å². The molecule has 0 heterocycles. The zero-order valence-corrected chi connectivity index (χ0v) is 12.5. The van der Waals surface area contributed by atoms with Crippen LogP contribution in [0.15, 0.2) is 30.3 Å². The largest absolute Gasteiger partial charge is 0.322 e. The quantitative estimate of drug-likeness (QED) is 0.795. The molecule has 1 aliphatic rings. The predicted molar refractivity (Wildman–Crippen MR) is 82.4 cm³/mol. The van der Waals surface area contributed by atoms with Crippen molar-refractivity contribution < 1.29 is 13.6 Å². The van der Waals surface area contributed by atoms with E-state index in [9.17, 15) is 13.6 Å². The van der Waals surface area contributed by atoms with Crippen LogP contribution in [0.5, 0.6) is 0 Å². The molecular weight excluding hydrogens is 308 g/mol. The third kappa shape index (κ3) is 2.83. The summed E-state index contributed by atoms with van der Waals surface area (Å²) in [5.74, 6) is -2.70. The van der Waals surface area contributed by atoms with Crippen LogP contribution in [-0.2, 0) is 12.8 Å². The van der Waals surface area contributed by atoms with Crippen LogP contribution in [-0.4, -0.2) is 5.91 Å². The second kappa shape index (κ2) is 6.05. The lowest BCUT2D eigenvalue weighted by Crippen LogP contribution is -2.16. The smallest absolute Gasteiger partial charge is 0.257 e. The monoisotopic (exact) mass is 321 g/mol. The highest BCUT2D eigenvalue weighted by Crippen LogP contribution is 2.29. The number of hydrogen-bond acceptors (Lipinski definition) is 1. The van der Waals surface area contributed by atoms with E-state index >= 15 is 0 Å². The Labute approximate surface area is 132 Å². The zero-order valence-electron chi connectivity index (χ0n) is 11.8. The van der Waals surface area contributed by atoms with Gasteiger partial charge in [0.25, 0.3) is 5.91 Å². The highest BCUT2D eigenvalue weighted by Gasteiger charge is 2.18. The fourth-order valence-corrected chi connectivity index (χ4v) is 3.02. The number of benzene rings is 2. The molecule has 0 bridgehead atoms. The summed E-state index contributed by atoms with van der Waals surface area (Å²) in [6, 6.07) is 7.38. The van der Waals surface area contributed by atoms with Crippen LogP contribution in [0, 0.1) is 11.6 Å². The predicted octanol–water partition coefficient (Wildman–Crippen LogP) is 4.75. The number of carbonyl (C=O) groups is 1. The summed E-state index contributed by atoms with van der Waals surface area (Å²) in [4.78, 5) is 12.3. The second-order valence-corrected chi connectivity index (χ2v) is 5.76. The first-order chi connectivity index (χ1) is 10.6. The van der Waals surface area contributed by atoms with Gasteiger partial charge in [0.15, 0.2) is 11.6 Å². The van der Waals surface area contributed by atoms with Crippen LogP contribution in [0.4, 0.5) is 14.5 Å². The normalized spacial score (nSPS) is 13.6. The Morgan fingerprint density at radius 2 is 1.82 bits per heavy atom. The Kier molecular flexibility index (Phi) is 4.12. The number of carbonyl (C=O) groups excluding carboxylic acids is 1. The molecule has 3 rings (SSSR count). The molecule has 2 aromatic carbocycles. The number of rotatable bonds is 2. The van der Waals surface area contributed by atoms with Gasteiger partial charge in [-0.1, -0.05) is 23.7 Å². The van der Waals surface area contributed by atoms with Crippen LogP contribution >= 0.6 is 11.6 Å². The van der Waals surface area contributed by atoms with E-state index in [0.29, 0.717) is 5.69 Å². The van der Waals surface area contributed by atoms with Gasteiger partial charge in [0.05, 0.1) is 10.6 Å². The molecule has 0 unspecified atom stereocenters. The third-order valence-electron chi connectivity index (χ3n) is 3.90. The minimum atomic E-state index is -1.09. The van der Waals surface area contributed by atoms with Crippen molar-refractivity contribution >= 4 is 23.2 Å². The van der Waals surface area contributed by atoms with E-state index in [-0.39, 0.29) is 10.6 Å². The number of amides is 1. The molecule has 2 aromatic rings. The van der Waals surface area contributed by atoms with Crippen molar-refractivity contribution in [2.45, 2.75) is 25.7 Å². The van der Waals surface area contributed by atoms with E-state index in [1.54, 1.807) is 0 Å². The van der Waals surface area contributed by atoms with Crippen molar-refractivity contribution in [3.05, 3.63) is 63.7 Å². The fraction of sp³-hybridized carbons (Fsp3) is 0.235. The Morgan fingerprint density at radius 3 is 2.64 bits per heavy atom. The zero-order chi connectivity index (χ0) is 15.7. The molecule has 0 aromatic heterocycles.